The van der Waals surface area contributed by atoms with Crippen LogP contribution in [0.2, 0.25) is 0 Å². The van der Waals surface area contributed by atoms with Crippen LogP contribution < -0.4 is 9.64 Å². The van der Waals surface area contributed by atoms with E-state index >= 15 is 0 Å². The predicted molar refractivity (Wildman–Crippen MR) is 99.4 cm³/mol. The molecule has 0 aliphatic carbocycles. The lowest BCUT2D eigenvalue weighted by Gasteiger charge is -2.42. The van der Waals surface area contributed by atoms with Crippen LogP contribution >= 0.6 is 0 Å². The molecule has 0 spiro atoms. The van der Waals surface area contributed by atoms with Crippen LogP contribution in [0.3, 0.4) is 0 Å². The Morgan fingerprint density at radius 2 is 1.97 bits per heavy atom. The number of aryl methyl sites for hydroxylation is 2. The Bertz CT molecular complexity index is 934. The zero-order valence-corrected chi connectivity index (χ0v) is 16.1. The van der Waals surface area contributed by atoms with Gasteiger partial charge in [0.15, 0.2) is 6.17 Å². The smallest absolute Gasteiger partial charge is 0.388 e. The van der Waals surface area contributed by atoms with Gasteiger partial charge >= 0.3 is 6.61 Å². The number of fused-ring (bicyclic) bond motifs is 1. The van der Waals surface area contributed by atoms with Crippen molar-refractivity contribution in [1.29, 1.82) is 0 Å². The fraction of sp³-hybridized carbons (Fsp3) is 0.450. The molecule has 0 radical (unpaired) electrons. The van der Waals surface area contributed by atoms with Crippen molar-refractivity contribution in [3.05, 3.63) is 46.9 Å². The fourth-order valence-corrected chi connectivity index (χ4v) is 3.91. The van der Waals surface area contributed by atoms with Crippen molar-refractivity contribution in [2.24, 2.45) is 5.92 Å². The van der Waals surface area contributed by atoms with Gasteiger partial charge in [0.05, 0.1) is 12.2 Å². The molecule has 6 nitrogen and oxygen atoms in total. The van der Waals surface area contributed by atoms with Gasteiger partial charge in [-0.05, 0) is 37.1 Å². The van der Waals surface area contributed by atoms with E-state index in [1.165, 1.54) is 17.2 Å². The second-order valence-corrected chi connectivity index (χ2v) is 7.50. The second kappa shape index (κ2) is 7.53. The molecule has 0 N–H and O–H groups in total. The molecule has 0 aromatic carbocycles. The Kier molecular flexibility index (Phi) is 5.06. The molecule has 2 aliphatic rings. The minimum Gasteiger partial charge on any atom is -0.417 e. The lowest BCUT2D eigenvalue weighted by Crippen LogP contribution is -2.54. The number of ether oxygens (including phenoxy) is 1. The topological polar surface area (TPSA) is 58.6 Å². The Hall–Kier alpha value is -2.84. The highest BCUT2D eigenvalue weighted by molar-refractivity contribution is 5.82. The van der Waals surface area contributed by atoms with E-state index in [-0.39, 0.29) is 5.88 Å². The van der Waals surface area contributed by atoms with Gasteiger partial charge in [-0.15, -0.1) is 0 Å². The van der Waals surface area contributed by atoms with E-state index in [9.17, 15) is 18.0 Å². The number of alkyl halides is 3. The van der Waals surface area contributed by atoms with Crippen molar-refractivity contribution < 1.29 is 22.7 Å². The molecule has 2 aromatic heterocycles. The standard InChI is InChI=1S/C20H21F3N4O2/c1-11-5-12(2)25-16-10-27(9-15(11)16)19(28)18(21)13-7-26(8-13)14-3-4-24-17(6-14)29-20(22)23/h3-6,13,18,20H,7-10H2,1-2H3. The van der Waals surface area contributed by atoms with Gasteiger partial charge < -0.3 is 14.5 Å². The van der Waals surface area contributed by atoms with Crippen LogP contribution in [0.5, 0.6) is 5.88 Å². The van der Waals surface area contributed by atoms with E-state index in [2.05, 4.69) is 14.7 Å². The van der Waals surface area contributed by atoms with Crippen molar-refractivity contribution in [2.45, 2.75) is 39.7 Å². The first kappa shape index (κ1) is 19.5. The third-order valence-corrected chi connectivity index (χ3v) is 5.42. The summed E-state index contributed by atoms with van der Waals surface area (Å²) in [7, 11) is 0. The number of rotatable bonds is 5. The Morgan fingerprint density at radius 3 is 2.69 bits per heavy atom. The molecule has 1 saturated heterocycles. The molecule has 1 atom stereocenters. The van der Waals surface area contributed by atoms with Crippen molar-refractivity contribution >= 4 is 11.6 Å². The summed E-state index contributed by atoms with van der Waals surface area (Å²) >= 11 is 0. The first-order valence-electron chi connectivity index (χ1n) is 9.36. The van der Waals surface area contributed by atoms with Crippen LogP contribution in [0.25, 0.3) is 0 Å². The highest BCUT2D eigenvalue weighted by atomic mass is 19.3. The zero-order chi connectivity index (χ0) is 20.7. The third-order valence-electron chi connectivity index (χ3n) is 5.42. The van der Waals surface area contributed by atoms with Gasteiger partial charge in [-0.1, -0.05) is 0 Å². The molecule has 29 heavy (non-hydrogen) atoms. The summed E-state index contributed by atoms with van der Waals surface area (Å²) < 4.78 is 43.8. The molecular weight excluding hydrogens is 385 g/mol. The highest BCUT2D eigenvalue weighted by Gasteiger charge is 2.41. The molecule has 1 fully saturated rings. The van der Waals surface area contributed by atoms with Gasteiger partial charge in [-0.2, -0.15) is 8.78 Å². The maximum Gasteiger partial charge on any atom is 0.388 e. The van der Waals surface area contributed by atoms with E-state index in [0.29, 0.717) is 31.9 Å². The Morgan fingerprint density at radius 1 is 1.21 bits per heavy atom. The number of hydrogen-bond acceptors (Lipinski definition) is 5. The summed E-state index contributed by atoms with van der Waals surface area (Å²) in [6.45, 7) is 2.26. The van der Waals surface area contributed by atoms with Crippen molar-refractivity contribution in [3.63, 3.8) is 0 Å². The number of carbonyl (C=O) groups excluding carboxylic acids is 1. The molecule has 4 rings (SSSR count). The van der Waals surface area contributed by atoms with Crippen LogP contribution in [0.4, 0.5) is 18.9 Å². The molecule has 9 heteroatoms. The molecule has 4 heterocycles. The number of pyridine rings is 2. The molecule has 0 saturated carbocycles. The number of nitrogens with zero attached hydrogens (tertiary/aromatic N) is 4. The first-order valence-corrected chi connectivity index (χ1v) is 9.36. The molecule has 1 amide bonds. The van der Waals surface area contributed by atoms with Gasteiger partial charge in [-0.3, -0.25) is 9.78 Å². The van der Waals surface area contributed by atoms with Crippen LogP contribution in [0.1, 0.15) is 22.5 Å². The lowest BCUT2D eigenvalue weighted by molar-refractivity contribution is -0.139. The monoisotopic (exact) mass is 406 g/mol. The normalized spacial score (nSPS) is 17.3. The van der Waals surface area contributed by atoms with Crippen LogP contribution in [0, 0.1) is 19.8 Å². The summed E-state index contributed by atoms with van der Waals surface area (Å²) in [5, 5.41) is 0. The largest absolute Gasteiger partial charge is 0.417 e. The summed E-state index contributed by atoms with van der Waals surface area (Å²) in [4.78, 5) is 24.2. The highest BCUT2D eigenvalue weighted by Crippen LogP contribution is 2.32. The van der Waals surface area contributed by atoms with Gasteiger partial charge in [0.2, 0.25) is 5.88 Å². The van der Waals surface area contributed by atoms with Gasteiger partial charge in [0, 0.05) is 49.2 Å². The minimum atomic E-state index is -2.96. The molecule has 1 unspecified atom stereocenters. The molecule has 0 bridgehead atoms. The van der Waals surface area contributed by atoms with E-state index in [4.69, 9.17) is 0 Å². The zero-order valence-electron chi connectivity index (χ0n) is 16.1. The lowest BCUT2D eigenvalue weighted by atomic mass is 9.93. The minimum absolute atomic E-state index is 0.193. The van der Waals surface area contributed by atoms with E-state index in [1.807, 2.05) is 19.9 Å². The molecular formula is C20H21F3N4O2. The number of aromatic nitrogens is 2. The maximum absolute atomic E-state index is 14.9. The predicted octanol–water partition coefficient (Wildman–Crippen LogP) is 3.01. The molecule has 2 aromatic rings. The second-order valence-electron chi connectivity index (χ2n) is 7.50. The van der Waals surface area contributed by atoms with E-state index in [1.54, 1.807) is 11.0 Å². The number of amides is 1. The molecule has 2 aliphatic heterocycles. The number of carbonyl (C=O) groups is 1. The van der Waals surface area contributed by atoms with Crippen LogP contribution in [-0.4, -0.2) is 46.6 Å². The van der Waals surface area contributed by atoms with Crippen molar-refractivity contribution in [2.75, 3.05) is 18.0 Å². The van der Waals surface area contributed by atoms with Gasteiger partial charge in [0.25, 0.3) is 5.91 Å². The fourth-order valence-electron chi connectivity index (χ4n) is 3.91. The molecule has 154 valence electrons. The average molecular weight is 406 g/mol. The first-order chi connectivity index (χ1) is 13.8. The third kappa shape index (κ3) is 3.86. The summed E-state index contributed by atoms with van der Waals surface area (Å²) in [6.07, 6.45) is -0.252. The van der Waals surface area contributed by atoms with Crippen molar-refractivity contribution in [3.8, 4) is 5.88 Å². The Labute approximate surface area is 166 Å². The number of halogens is 3. The summed E-state index contributed by atoms with van der Waals surface area (Å²) in [6, 6.07) is 4.98. The van der Waals surface area contributed by atoms with E-state index in [0.717, 1.165) is 22.5 Å². The van der Waals surface area contributed by atoms with Gasteiger partial charge in [-0.25, -0.2) is 9.37 Å². The van der Waals surface area contributed by atoms with Crippen molar-refractivity contribution in [1.82, 2.24) is 14.9 Å². The Balaban J connectivity index is 1.36. The summed E-state index contributed by atoms with van der Waals surface area (Å²) in [5.74, 6) is -1.17. The van der Waals surface area contributed by atoms with Crippen LogP contribution in [-0.2, 0) is 17.9 Å². The quantitative estimate of drug-likeness (QED) is 0.764. The average Bonchev–Trinajstić information content (AvgIpc) is 3.03. The van der Waals surface area contributed by atoms with E-state index < -0.39 is 24.6 Å². The maximum atomic E-state index is 14.9. The van der Waals surface area contributed by atoms with Crippen LogP contribution in [0.15, 0.2) is 24.4 Å². The summed E-state index contributed by atoms with van der Waals surface area (Å²) in [5.41, 5.74) is 4.38. The SMILES string of the molecule is Cc1cc(C)c2c(n1)CN(C(=O)C(F)C1CN(c3ccnc(OC(F)F)c3)C1)C2. The number of hydrogen-bond donors (Lipinski definition) is 0. The number of anilines is 1. The van der Waals surface area contributed by atoms with Gasteiger partial charge in [0.1, 0.15) is 0 Å².